The molecule has 366 valence electrons. The van der Waals surface area contributed by atoms with Gasteiger partial charge >= 0.3 is 10.1 Å². The zero-order chi connectivity index (χ0) is 46.8. The fourth-order valence-electron chi connectivity index (χ4n) is 14.7. The van der Waals surface area contributed by atoms with Crippen molar-refractivity contribution in [2.75, 3.05) is 12.3 Å². The number of hydrogen-bond acceptors (Lipinski definition) is 7. The van der Waals surface area contributed by atoms with E-state index in [2.05, 4.69) is 60.7 Å². The maximum absolute atomic E-state index is 13.4. The van der Waals surface area contributed by atoms with Gasteiger partial charge in [0, 0.05) is 18.5 Å². The van der Waals surface area contributed by atoms with Crippen LogP contribution in [0.5, 0.6) is 11.5 Å². The van der Waals surface area contributed by atoms with E-state index in [-0.39, 0.29) is 46.8 Å². The third-order valence-electron chi connectivity index (χ3n) is 19.0. The number of fused-ring (bicyclic) bond motifs is 6. The molecule has 6 rings (SSSR count). The van der Waals surface area contributed by atoms with Crippen molar-refractivity contribution in [3.8, 4) is 11.5 Å². The number of hydrogen-bond donors (Lipinski definition) is 3. The molecule has 13 atom stereocenters. The van der Waals surface area contributed by atoms with Gasteiger partial charge in [-0.15, -0.1) is 0 Å². The van der Waals surface area contributed by atoms with Crippen molar-refractivity contribution in [1.82, 2.24) is 5.32 Å². The highest BCUT2D eigenvalue weighted by atomic mass is 32.2. The van der Waals surface area contributed by atoms with E-state index in [1.165, 1.54) is 51.4 Å². The van der Waals surface area contributed by atoms with Crippen molar-refractivity contribution in [1.29, 1.82) is 0 Å². The second kappa shape index (κ2) is 21.2. The molecule has 0 unspecified atom stereocenters. The number of carbonyl (C=O) groups excluding carboxylic acids is 1. The van der Waals surface area contributed by atoms with Gasteiger partial charge in [0.1, 0.15) is 22.9 Å². The molecule has 1 aliphatic heterocycles. The summed E-state index contributed by atoms with van der Waals surface area (Å²) in [5.74, 6) is 5.86. The quantitative estimate of drug-likeness (QED) is 0.105. The maximum atomic E-state index is 13.4. The van der Waals surface area contributed by atoms with Crippen LogP contribution in [0.2, 0.25) is 0 Å². The molecule has 9 heteroatoms. The lowest BCUT2D eigenvalue weighted by atomic mass is 9.43. The highest BCUT2D eigenvalue weighted by Crippen LogP contribution is 2.68. The number of nitrogens with one attached hydrogen (secondary N) is 1. The predicted molar refractivity (Wildman–Crippen MR) is 261 cm³/mol. The summed E-state index contributed by atoms with van der Waals surface area (Å²) in [5.41, 5.74) is 3.72. The fourth-order valence-corrected chi connectivity index (χ4v) is 15.6. The Labute approximate surface area is 391 Å². The monoisotopic (exact) mass is 912 g/mol. The lowest BCUT2D eigenvalue weighted by Crippen LogP contribution is -2.58. The number of ether oxygens (including phenoxy) is 1. The van der Waals surface area contributed by atoms with E-state index in [9.17, 15) is 23.4 Å². The molecule has 4 saturated carbocycles. The summed E-state index contributed by atoms with van der Waals surface area (Å²) in [4.78, 5) is 13.2. The fraction of sp³-hybridized carbons (Fsp3) is 0.873. The van der Waals surface area contributed by atoms with Crippen LogP contribution < -0.4 is 14.2 Å². The molecule has 1 aromatic carbocycles. The largest absolute Gasteiger partial charge is 0.487 e. The average molecular weight is 912 g/mol. The van der Waals surface area contributed by atoms with Crippen LogP contribution in [0.15, 0.2) is 0 Å². The molecule has 8 nitrogen and oxygen atoms in total. The van der Waals surface area contributed by atoms with E-state index in [0.29, 0.717) is 47.7 Å². The third-order valence-corrected chi connectivity index (χ3v) is 20.1. The van der Waals surface area contributed by atoms with Gasteiger partial charge in [-0.05, 0) is 192 Å². The van der Waals surface area contributed by atoms with E-state index >= 15 is 0 Å². The lowest BCUT2D eigenvalue weighted by molar-refractivity contribution is -0.174. The van der Waals surface area contributed by atoms with E-state index in [0.717, 1.165) is 123 Å². The van der Waals surface area contributed by atoms with Gasteiger partial charge in [0.05, 0.1) is 12.2 Å². The van der Waals surface area contributed by atoms with Gasteiger partial charge < -0.3 is 24.4 Å². The van der Waals surface area contributed by atoms with Crippen molar-refractivity contribution >= 4 is 16.0 Å². The molecule has 1 amide bonds. The molecule has 1 heterocycles. The second-order valence-electron chi connectivity index (χ2n) is 24.1. The van der Waals surface area contributed by atoms with Crippen molar-refractivity contribution in [3.05, 3.63) is 22.3 Å². The third kappa shape index (κ3) is 11.7. The zero-order valence-corrected chi connectivity index (χ0v) is 43.3. The van der Waals surface area contributed by atoms with Crippen LogP contribution in [-0.2, 0) is 21.3 Å². The summed E-state index contributed by atoms with van der Waals surface area (Å²) < 4.78 is 39.5. The van der Waals surface area contributed by atoms with Crippen LogP contribution in [0.1, 0.15) is 206 Å². The van der Waals surface area contributed by atoms with Gasteiger partial charge in [0.25, 0.3) is 0 Å². The number of aliphatic hydroxyl groups excluding tert-OH is 2. The van der Waals surface area contributed by atoms with Crippen LogP contribution in [0.3, 0.4) is 0 Å². The summed E-state index contributed by atoms with van der Waals surface area (Å²) in [6, 6.07) is 0. The van der Waals surface area contributed by atoms with Crippen molar-refractivity contribution in [2.45, 2.75) is 229 Å². The maximum Gasteiger partial charge on any atom is 0.310 e. The molecular formula is C55H93NO7S. The summed E-state index contributed by atoms with van der Waals surface area (Å²) in [5, 5.41) is 25.0. The zero-order valence-electron chi connectivity index (χ0n) is 42.5. The predicted octanol–water partition coefficient (Wildman–Crippen LogP) is 12.4. The molecular weight excluding hydrogens is 819 g/mol. The second-order valence-corrected chi connectivity index (χ2v) is 25.8. The van der Waals surface area contributed by atoms with Crippen LogP contribution in [0.25, 0.3) is 0 Å². The molecule has 1 aromatic rings. The summed E-state index contributed by atoms with van der Waals surface area (Å²) >= 11 is 0. The molecule has 0 aromatic heterocycles. The number of rotatable bonds is 21. The lowest BCUT2D eigenvalue weighted by Gasteiger charge is -2.62. The first-order valence-corrected chi connectivity index (χ1v) is 28.0. The molecule has 0 radical (unpaired) electrons. The van der Waals surface area contributed by atoms with E-state index in [4.69, 9.17) is 8.92 Å². The summed E-state index contributed by atoms with van der Waals surface area (Å²) in [6.07, 6.45) is 21.9. The Hall–Kier alpha value is -1.84. The van der Waals surface area contributed by atoms with Crippen LogP contribution >= 0.6 is 0 Å². The Morgan fingerprint density at radius 1 is 0.781 bits per heavy atom. The topological polar surface area (TPSA) is 122 Å². The smallest absolute Gasteiger partial charge is 0.310 e. The van der Waals surface area contributed by atoms with Crippen molar-refractivity contribution in [2.24, 2.45) is 64.1 Å². The van der Waals surface area contributed by atoms with Gasteiger partial charge in [-0.3, -0.25) is 4.79 Å². The Morgan fingerprint density at radius 2 is 1.42 bits per heavy atom. The molecule has 4 aliphatic carbocycles. The minimum atomic E-state index is -3.96. The number of carbonyl (C=O) groups is 1. The molecule has 3 N–H and O–H groups in total. The Kier molecular flexibility index (Phi) is 17.1. The van der Waals surface area contributed by atoms with Crippen LogP contribution in [0.4, 0.5) is 0 Å². The minimum absolute atomic E-state index is 0.0101. The minimum Gasteiger partial charge on any atom is -0.487 e. The highest BCUT2D eigenvalue weighted by Gasteiger charge is 2.63. The molecule has 5 aliphatic rings. The highest BCUT2D eigenvalue weighted by molar-refractivity contribution is 7.87. The Morgan fingerprint density at radius 3 is 2.11 bits per heavy atom. The first-order valence-electron chi connectivity index (χ1n) is 26.4. The SMILES string of the molecule is Cc1c(C)c2c(c(C)c1OS(=O)(=O)CCNC(=O)CC[C@@H](C)[C@H]1CC[C@H]3[C@@H]4[C@H](O)C[C@@H]5C[C@H](O)CC[C@]5(C)[C@H]4CC[C@]13C)CC[C@](C)(CCC[C@H](C)CCC[C@H](C)CCCC(C)C)O2. The van der Waals surface area contributed by atoms with Gasteiger partial charge in [-0.2, -0.15) is 8.42 Å². The standard InChI is InChI=1S/C55H93NO7S/c1-35(2)15-12-16-36(3)17-13-18-37(4)19-14-27-53(9)28-25-44-41(8)51(39(6)40(7)52(44)62-53)63-64(60,61)32-31-56-49(59)23-20-38(5)45-21-22-46-50-47(26-30-55(45,46)11)54(10)29-24-43(57)33-42(54)34-48(50)58/h35-38,42-43,45-48,50,57-58H,12-34H2,1-11H3,(H,56,59)/t36-,37-,38-,42+,43-,45-,46+,47+,48-,50+,53+,54+,55-/m1/s1. The van der Waals surface area contributed by atoms with Gasteiger partial charge in [0.2, 0.25) is 5.91 Å². The van der Waals surface area contributed by atoms with Gasteiger partial charge in [0.15, 0.2) is 0 Å². The van der Waals surface area contributed by atoms with Crippen LogP contribution in [0, 0.1) is 84.9 Å². The Bertz CT molecular complexity index is 1850. The van der Waals surface area contributed by atoms with Crippen LogP contribution in [-0.4, -0.2) is 54.6 Å². The normalized spacial score (nSPS) is 33.9. The van der Waals surface area contributed by atoms with E-state index in [1.807, 2.05) is 20.8 Å². The number of benzene rings is 1. The van der Waals surface area contributed by atoms with E-state index in [1.54, 1.807) is 0 Å². The number of aliphatic hydroxyl groups is 2. The van der Waals surface area contributed by atoms with Gasteiger partial charge in [-0.1, -0.05) is 93.4 Å². The average Bonchev–Trinajstić information content (AvgIpc) is 3.58. The first-order chi connectivity index (χ1) is 30.1. The molecule has 4 fully saturated rings. The molecule has 0 bridgehead atoms. The molecule has 0 spiro atoms. The summed E-state index contributed by atoms with van der Waals surface area (Å²) in [6.45, 7) is 24.8. The van der Waals surface area contributed by atoms with Gasteiger partial charge in [-0.25, -0.2) is 0 Å². The summed E-state index contributed by atoms with van der Waals surface area (Å²) in [7, 11) is -3.96. The van der Waals surface area contributed by atoms with Crippen molar-refractivity contribution in [3.63, 3.8) is 0 Å². The molecule has 64 heavy (non-hydrogen) atoms. The van der Waals surface area contributed by atoms with E-state index < -0.39 is 10.1 Å². The number of amides is 1. The molecule has 0 saturated heterocycles. The Balaban J connectivity index is 0.935. The van der Waals surface area contributed by atoms with Crippen molar-refractivity contribution < 1.29 is 32.3 Å². The first kappa shape index (κ1) is 51.5.